The lowest BCUT2D eigenvalue weighted by atomic mass is 9.72. The van der Waals surface area contributed by atoms with Crippen LogP contribution in [-0.4, -0.2) is 29.8 Å². The maximum atomic E-state index is 13.0. The van der Waals surface area contributed by atoms with Crippen molar-refractivity contribution < 1.29 is 14.6 Å². The molecule has 0 spiro atoms. The molecule has 0 amide bonds. The number of carbonyl (C=O) groups excluding carboxylic acids is 1. The first-order valence-electron chi connectivity index (χ1n) is 8.19. The molecule has 0 radical (unpaired) electrons. The van der Waals surface area contributed by atoms with Gasteiger partial charge in [0.05, 0.1) is 13.2 Å². The van der Waals surface area contributed by atoms with Crippen LogP contribution >= 0.6 is 31.9 Å². The van der Waals surface area contributed by atoms with E-state index in [1.54, 1.807) is 6.08 Å². The van der Waals surface area contributed by atoms with Crippen LogP contribution in [0.2, 0.25) is 0 Å². The fourth-order valence-corrected chi connectivity index (χ4v) is 4.15. The van der Waals surface area contributed by atoms with E-state index >= 15 is 0 Å². The van der Waals surface area contributed by atoms with Crippen LogP contribution in [0.25, 0.3) is 0 Å². The second kappa shape index (κ2) is 7.94. The summed E-state index contributed by atoms with van der Waals surface area (Å²) in [5.41, 5.74) is 0.604. The first-order chi connectivity index (χ1) is 12.5. The summed E-state index contributed by atoms with van der Waals surface area (Å²) in [6.07, 6.45) is 1.43. The molecule has 0 unspecified atom stereocenters. The third kappa shape index (κ3) is 3.72. The molecular formula is C20H19Br2NO3. The number of methoxy groups -OCH3 is 1. The Morgan fingerprint density at radius 3 is 2.42 bits per heavy atom. The molecule has 3 atom stereocenters. The summed E-state index contributed by atoms with van der Waals surface area (Å²) < 4.78 is 6.69. The summed E-state index contributed by atoms with van der Waals surface area (Å²) in [7, 11) is 1.38. The van der Waals surface area contributed by atoms with E-state index in [9.17, 15) is 9.90 Å². The number of anilines is 1. The average molecular weight is 481 g/mol. The molecule has 1 aliphatic carbocycles. The van der Waals surface area contributed by atoms with Crippen molar-refractivity contribution in [2.24, 2.45) is 0 Å². The Hall–Kier alpha value is -1.63. The molecule has 0 saturated heterocycles. The number of carbonyl (C=O) groups is 1. The number of ether oxygens (including phenoxy) is 1. The predicted molar refractivity (Wildman–Crippen MR) is 109 cm³/mol. The zero-order valence-electron chi connectivity index (χ0n) is 14.2. The van der Waals surface area contributed by atoms with Crippen molar-refractivity contribution in [3.8, 4) is 0 Å². The highest BCUT2D eigenvalue weighted by Crippen LogP contribution is 2.44. The van der Waals surface area contributed by atoms with Gasteiger partial charge in [0.2, 0.25) is 0 Å². The van der Waals surface area contributed by atoms with E-state index in [-0.39, 0.29) is 5.92 Å². The molecular weight excluding hydrogens is 462 g/mol. The summed E-state index contributed by atoms with van der Waals surface area (Å²) in [5.74, 6) is -0.710. The molecule has 0 heterocycles. The normalized spacial score (nSPS) is 25.3. The first kappa shape index (κ1) is 19.1. The average Bonchev–Trinajstić information content (AvgIpc) is 2.65. The first-order valence-corrected chi connectivity index (χ1v) is 9.78. The molecule has 4 nitrogen and oxygen atoms in total. The number of aliphatic hydroxyl groups is 1. The zero-order valence-corrected chi connectivity index (χ0v) is 17.3. The van der Waals surface area contributed by atoms with E-state index < -0.39 is 17.6 Å². The number of esters is 1. The Bertz CT molecular complexity index is 808. The van der Waals surface area contributed by atoms with Gasteiger partial charge in [0.25, 0.3) is 0 Å². The van der Waals surface area contributed by atoms with E-state index in [1.807, 2.05) is 54.6 Å². The Balaban J connectivity index is 2.14. The zero-order chi connectivity index (χ0) is 18.7. The lowest BCUT2D eigenvalue weighted by molar-refractivity contribution is -0.145. The topological polar surface area (TPSA) is 58.6 Å². The molecule has 0 aliphatic heterocycles. The van der Waals surface area contributed by atoms with Crippen molar-refractivity contribution in [1.82, 2.24) is 0 Å². The summed E-state index contributed by atoms with van der Waals surface area (Å²) in [6, 6.07) is 17.3. The highest BCUT2D eigenvalue weighted by Gasteiger charge is 2.50. The molecule has 0 aromatic heterocycles. The van der Waals surface area contributed by atoms with E-state index in [0.29, 0.717) is 10.9 Å². The second-order valence-electron chi connectivity index (χ2n) is 6.24. The highest BCUT2D eigenvalue weighted by molar-refractivity contribution is 9.11. The molecule has 0 fully saturated rings. The van der Waals surface area contributed by atoms with E-state index in [0.717, 1.165) is 15.7 Å². The van der Waals surface area contributed by atoms with Crippen molar-refractivity contribution in [2.75, 3.05) is 12.4 Å². The van der Waals surface area contributed by atoms with Crippen molar-refractivity contribution in [2.45, 2.75) is 24.0 Å². The quantitative estimate of drug-likeness (QED) is 0.628. The molecule has 0 bridgehead atoms. The van der Waals surface area contributed by atoms with Gasteiger partial charge in [-0.1, -0.05) is 62.2 Å². The number of rotatable bonds is 4. The Kier molecular flexibility index (Phi) is 5.85. The third-order valence-corrected chi connectivity index (χ3v) is 5.90. The summed E-state index contributed by atoms with van der Waals surface area (Å²) in [5, 5.41) is 13.8. The van der Waals surface area contributed by atoms with Crippen molar-refractivity contribution in [3.05, 3.63) is 75.2 Å². The van der Waals surface area contributed by atoms with Crippen LogP contribution in [0.5, 0.6) is 0 Å². The number of benzene rings is 2. The molecule has 6 heteroatoms. The van der Waals surface area contributed by atoms with E-state index in [1.165, 1.54) is 7.11 Å². The molecule has 0 saturated carbocycles. The van der Waals surface area contributed by atoms with Gasteiger partial charge in [-0.05, 0) is 42.3 Å². The van der Waals surface area contributed by atoms with E-state index in [4.69, 9.17) is 4.74 Å². The van der Waals surface area contributed by atoms with Gasteiger partial charge < -0.3 is 15.2 Å². The lowest BCUT2D eigenvalue weighted by Gasteiger charge is -2.42. The molecule has 1 aliphatic rings. The van der Waals surface area contributed by atoms with Crippen LogP contribution in [0.3, 0.4) is 0 Å². The Labute approximate surface area is 169 Å². The van der Waals surface area contributed by atoms with Gasteiger partial charge in [-0.2, -0.15) is 0 Å². The van der Waals surface area contributed by atoms with Crippen LogP contribution in [-0.2, 0) is 9.53 Å². The Morgan fingerprint density at radius 1 is 1.15 bits per heavy atom. The number of aliphatic hydroxyl groups excluding tert-OH is 1. The number of para-hydroxylation sites is 1. The van der Waals surface area contributed by atoms with Gasteiger partial charge in [0.15, 0.2) is 5.54 Å². The summed E-state index contributed by atoms with van der Waals surface area (Å²) in [6.45, 7) is 0. The maximum absolute atomic E-state index is 13.0. The number of halogens is 2. The summed E-state index contributed by atoms with van der Waals surface area (Å²) >= 11 is 6.85. The molecule has 3 rings (SSSR count). The fourth-order valence-electron chi connectivity index (χ4n) is 3.33. The van der Waals surface area contributed by atoms with Gasteiger partial charge in [-0.25, -0.2) is 4.79 Å². The van der Waals surface area contributed by atoms with Crippen molar-refractivity contribution >= 4 is 43.5 Å². The van der Waals surface area contributed by atoms with Gasteiger partial charge in [0, 0.05) is 20.6 Å². The van der Waals surface area contributed by atoms with Gasteiger partial charge >= 0.3 is 5.97 Å². The predicted octanol–water partition coefficient (Wildman–Crippen LogP) is 4.60. The van der Waals surface area contributed by atoms with Crippen LogP contribution in [0, 0.1) is 0 Å². The molecule has 26 heavy (non-hydrogen) atoms. The van der Waals surface area contributed by atoms with Gasteiger partial charge in [0.1, 0.15) is 0 Å². The smallest absolute Gasteiger partial charge is 0.336 e. The minimum Gasteiger partial charge on any atom is -0.467 e. The number of nitrogens with one attached hydrogen (secondary N) is 1. The lowest BCUT2D eigenvalue weighted by Crippen LogP contribution is -2.53. The highest BCUT2D eigenvalue weighted by atomic mass is 79.9. The van der Waals surface area contributed by atoms with Crippen LogP contribution in [0.4, 0.5) is 5.69 Å². The monoisotopic (exact) mass is 479 g/mol. The SMILES string of the molecule is COC(=O)[C@@]1(Nc2ccccc2)C=C(Br)[C@@H](O)C[C@H]1c1ccc(Br)cc1. The largest absolute Gasteiger partial charge is 0.467 e. The van der Waals surface area contributed by atoms with Gasteiger partial charge in [-0.3, -0.25) is 0 Å². The van der Waals surface area contributed by atoms with E-state index in [2.05, 4.69) is 37.2 Å². The summed E-state index contributed by atoms with van der Waals surface area (Å²) in [4.78, 5) is 13.0. The fraction of sp³-hybridized carbons (Fsp3) is 0.250. The molecule has 136 valence electrons. The van der Waals surface area contributed by atoms with Gasteiger partial charge in [-0.15, -0.1) is 0 Å². The molecule has 2 aromatic rings. The number of hydrogen-bond acceptors (Lipinski definition) is 4. The number of hydrogen-bond donors (Lipinski definition) is 2. The standard InChI is InChI=1S/C20H19Br2NO3/c1-26-19(25)20(23-15-5-3-2-4-6-15)12-17(22)18(24)11-16(20)13-7-9-14(21)10-8-13/h2-10,12,16,18,23-24H,11H2,1H3/t16-,18-,20+/m0/s1. The van der Waals surface area contributed by atoms with Crippen molar-refractivity contribution in [1.29, 1.82) is 0 Å². The maximum Gasteiger partial charge on any atom is 0.336 e. The minimum atomic E-state index is -1.14. The molecule has 2 N–H and O–H groups in total. The van der Waals surface area contributed by atoms with Crippen LogP contribution in [0.1, 0.15) is 17.9 Å². The third-order valence-electron chi connectivity index (χ3n) is 4.61. The second-order valence-corrected chi connectivity index (χ2v) is 8.07. The van der Waals surface area contributed by atoms with Crippen molar-refractivity contribution in [3.63, 3.8) is 0 Å². The Morgan fingerprint density at radius 2 is 1.81 bits per heavy atom. The molecule has 2 aromatic carbocycles. The minimum absolute atomic E-state index is 0.306. The van der Waals surface area contributed by atoms with Crippen LogP contribution < -0.4 is 5.32 Å². The van der Waals surface area contributed by atoms with Crippen LogP contribution in [0.15, 0.2) is 69.6 Å².